The van der Waals surface area contributed by atoms with Gasteiger partial charge < -0.3 is 26.4 Å². The van der Waals surface area contributed by atoms with Crippen molar-refractivity contribution in [2.45, 2.75) is 39.2 Å². The van der Waals surface area contributed by atoms with Crippen molar-refractivity contribution in [1.82, 2.24) is 16.0 Å². The van der Waals surface area contributed by atoms with Crippen molar-refractivity contribution in [2.24, 2.45) is 0 Å². The van der Waals surface area contributed by atoms with Gasteiger partial charge in [-0.25, -0.2) is 9.59 Å². The number of hydrogen-bond acceptors (Lipinski definition) is 3. The fraction of sp³-hybridized carbons (Fsp3) is 0.471. The van der Waals surface area contributed by atoms with Crippen molar-refractivity contribution < 1.29 is 19.5 Å². The van der Waals surface area contributed by atoms with E-state index in [1.807, 2.05) is 38.1 Å². The monoisotopic (exact) mass is 350 g/mol. The number of nitrogens with one attached hydrogen (secondary N) is 4. The van der Waals surface area contributed by atoms with E-state index in [-0.39, 0.29) is 12.1 Å². The van der Waals surface area contributed by atoms with Crippen molar-refractivity contribution in [3.05, 3.63) is 29.8 Å². The second-order valence-electron chi connectivity index (χ2n) is 5.86. The number of urea groups is 2. The molecule has 138 valence electrons. The number of carboxylic acids is 1. The summed E-state index contributed by atoms with van der Waals surface area (Å²) in [7, 11) is 0. The van der Waals surface area contributed by atoms with Crippen molar-refractivity contribution in [3.63, 3.8) is 0 Å². The molecule has 0 saturated heterocycles. The second-order valence-corrected chi connectivity index (χ2v) is 5.86. The van der Waals surface area contributed by atoms with Gasteiger partial charge in [-0.1, -0.05) is 17.7 Å². The third-order valence-electron chi connectivity index (χ3n) is 3.44. The molecule has 25 heavy (non-hydrogen) atoms. The molecule has 0 radical (unpaired) electrons. The van der Waals surface area contributed by atoms with E-state index in [0.29, 0.717) is 6.54 Å². The number of rotatable bonds is 9. The average molecular weight is 350 g/mol. The largest absolute Gasteiger partial charge is 0.480 e. The number of hydrogen-bond donors (Lipinski definition) is 5. The van der Waals surface area contributed by atoms with Crippen LogP contribution in [0.5, 0.6) is 0 Å². The Hall–Kier alpha value is -2.77. The Morgan fingerprint density at radius 1 is 1.04 bits per heavy atom. The highest BCUT2D eigenvalue weighted by Crippen LogP contribution is 2.08. The fourth-order valence-corrected chi connectivity index (χ4v) is 2.09. The Morgan fingerprint density at radius 3 is 2.36 bits per heavy atom. The number of aryl methyl sites for hydroxylation is 1. The number of benzene rings is 1. The van der Waals surface area contributed by atoms with Crippen LogP contribution in [-0.4, -0.2) is 42.3 Å². The van der Waals surface area contributed by atoms with Crippen LogP contribution in [0.2, 0.25) is 0 Å². The molecular formula is C17H26N4O4. The molecule has 8 heteroatoms. The minimum absolute atomic E-state index is 0.0739. The van der Waals surface area contributed by atoms with Gasteiger partial charge in [-0.05, 0) is 45.2 Å². The third-order valence-corrected chi connectivity index (χ3v) is 3.44. The molecule has 0 aliphatic carbocycles. The maximum absolute atomic E-state index is 11.7. The molecule has 0 aliphatic rings. The number of unbranched alkanes of at least 4 members (excludes halogenated alkanes) is 1. The molecule has 0 aromatic heterocycles. The summed E-state index contributed by atoms with van der Waals surface area (Å²) in [6, 6.07) is 6.73. The van der Waals surface area contributed by atoms with Crippen LogP contribution in [0.4, 0.5) is 15.3 Å². The topological polar surface area (TPSA) is 120 Å². The lowest BCUT2D eigenvalue weighted by Crippen LogP contribution is -2.42. The highest BCUT2D eigenvalue weighted by Gasteiger charge is 2.08. The van der Waals surface area contributed by atoms with Crippen LogP contribution in [0.25, 0.3) is 0 Å². The molecule has 0 fully saturated rings. The summed E-state index contributed by atoms with van der Waals surface area (Å²) in [6.07, 6.45) is 2.34. The highest BCUT2D eigenvalue weighted by atomic mass is 16.4. The molecule has 1 atom stereocenters. The van der Waals surface area contributed by atoms with Crippen LogP contribution >= 0.6 is 0 Å². The van der Waals surface area contributed by atoms with Crippen molar-refractivity contribution in [2.75, 3.05) is 18.4 Å². The molecule has 4 amide bonds. The number of anilines is 1. The second kappa shape index (κ2) is 10.9. The van der Waals surface area contributed by atoms with E-state index in [2.05, 4.69) is 21.3 Å². The Labute approximate surface area is 147 Å². The number of carbonyl (C=O) groups is 3. The summed E-state index contributed by atoms with van der Waals surface area (Å²) in [5.41, 5.74) is 1.87. The van der Waals surface area contributed by atoms with Crippen LogP contribution in [0.1, 0.15) is 31.7 Å². The predicted molar refractivity (Wildman–Crippen MR) is 95.7 cm³/mol. The molecule has 5 N–H and O–H groups in total. The molecule has 1 rings (SSSR count). The van der Waals surface area contributed by atoms with Crippen molar-refractivity contribution >= 4 is 23.7 Å². The van der Waals surface area contributed by atoms with Crippen molar-refractivity contribution in [3.8, 4) is 0 Å². The summed E-state index contributed by atoms with van der Waals surface area (Å²) in [6.45, 7) is 3.96. The molecule has 0 bridgehead atoms. The van der Waals surface area contributed by atoms with Gasteiger partial charge in [0.25, 0.3) is 0 Å². The number of carboxylic acid groups (broad SMARTS) is 1. The molecule has 1 aromatic rings. The van der Waals surface area contributed by atoms with Crippen LogP contribution < -0.4 is 21.3 Å². The van der Waals surface area contributed by atoms with Crippen LogP contribution in [0.3, 0.4) is 0 Å². The highest BCUT2D eigenvalue weighted by molar-refractivity contribution is 5.89. The Balaban J connectivity index is 2.08. The van der Waals surface area contributed by atoms with Gasteiger partial charge in [-0.2, -0.15) is 0 Å². The quantitative estimate of drug-likeness (QED) is 0.438. The van der Waals surface area contributed by atoms with Crippen LogP contribution in [-0.2, 0) is 4.79 Å². The summed E-state index contributed by atoms with van der Waals surface area (Å²) in [5, 5.41) is 18.9. The average Bonchev–Trinajstić information content (AvgIpc) is 2.54. The van der Waals surface area contributed by atoms with E-state index >= 15 is 0 Å². The van der Waals surface area contributed by atoms with E-state index in [4.69, 9.17) is 5.11 Å². The maximum atomic E-state index is 11.7. The van der Waals surface area contributed by atoms with Gasteiger partial charge in [0, 0.05) is 18.3 Å². The van der Waals surface area contributed by atoms with Gasteiger partial charge in [0.1, 0.15) is 6.54 Å². The number of carbonyl (C=O) groups excluding carboxylic acids is 2. The van der Waals surface area contributed by atoms with Gasteiger partial charge in [0.15, 0.2) is 0 Å². The molecule has 8 nitrogen and oxygen atoms in total. The lowest BCUT2D eigenvalue weighted by atomic mass is 10.1. The first-order valence-electron chi connectivity index (χ1n) is 8.24. The first kappa shape index (κ1) is 20.3. The fourth-order valence-electron chi connectivity index (χ4n) is 2.09. The SMILES string of the molecule is Cc1ccc(NC(=O)NCCCCC(C)NC(=O)NCC(=O)O)cc1. The minimum atomic E-state index is -1.09. The van der Waals surface area contributed by atoms with E-state index in [0.717, 1.165) is 30.5 Å². The number of aliphatic carboxylic acids is 1. The zero-order valence-corrected chi connectivity index (χ0v) is 14.6. The lowest BCUT2D eigenvalue weighted by Gasteiger charge is -2.14. The Bertz CT molecular complexity index is 575. The summed E-state index contributed by atoms with van der Waals surface area (Å²) in [4.78, 5) is 33.4. The molecule has 1 unspecified atom stereocenters. The smallest absolute Gasteiger partial charge is 0.323 e. The third kappa shape index (κ3) is 9.85. The zero-order chi connectivity index (χ0) is 18.7. The van der Waals surface area contributed by atoms with Gasteiger partial charge in [-0.3, -0.25) is 4.79 Å². The normalized spacial score (nSPS) is 11.3. The first-order valence-corrected chi connectivity index (χ1v) is 8.24. The molecule has 0 aliphatic heterocycles. The predicted octanol–water partition coefficient (Wildman–Crippen LogP) is 2.06. The Kier molecular flexibility index (Phi) is 8.84. The van der Waals surface area contributed by atoms with Crippen LogP contribution in [0, 0.1) is 6.92 Å². The summed E-state index contributed by atoms with van der Waals surface area (Å²) < 4.78 is 0. The maximum Gasteiger partial charge on any atom is 0.323 e. The number of amides is 4. The molecular weight excluding hydrogens is 324 g/mol. The molecule has 0 spiro atoms. The molecule has 0 heterocycles. The van der Waals surface area contributed by atoms with Gasteiger partial charge in [0.2, 0.25) is 0 Å². The lowest BCUT2D eigenvalue weighted by molar-refractivity contribution is -0.135. The Morgan fingerprint density at radius 2 is 1.72 bits per heavy atom. The zero-order valence-electron chi connectivity index (χ0n) is 14.6. The van der Waals surface area contributed by atoms with E-state index in [1.54, 1.807) is 0 Å². The van der Waals surface area contributed by atoms with E-state index in [9.17, 15) is 14.4 Å². The standard InChI is InChI=1S/C17H26N4O4/c1-12-6-8-14(9-7-12)21-16(24)18-10-4-3-5-13(2)20-17(25)19-11-15(22)23/h6-9,13H,3-5,10-11H2,1-2H3,(H,22,23)(H2,18,21,24)(H2,19,20,25). The van der Waals surface area contributed by atoms with E-state index < -0.39 is 18.5 Å². The summed E-state index contributed by atoms with van der Waals surface area (Å²) in [5.74, 6) is -1.09. The van der Waals surface area contributed by atoms with Crippen LogP contribution in [0.15, 0.2) is 24.3 Å². The van der Waals surface area contributed by atoms with E-state index in [1.165, 1.54) is 0 Å². The van der Waals surface area contributed by atoms with Gasteiger partial charge in [-0.15, -0.1) is 0 Å². The van der Waals surface area contributed by atoms with Crippen molar-refractivity contribution in [1.29, 1.82) is 0 Å². The minimum Gasteiger partial charge on any atom is -0.480 e. The molecule has 0 saturated carbocycles. The molecule has 1 aromatic carbocycles. The van der Waals surface area contributed by atoms with Gasteiger partial charge in [0.05, 0.1) is 0 Å². The summed E-state index contributed by atoms with van der Waals surface area (Å²) >= 11 is 0. The first-order chi connectivity index (χ1) is 11.9. The van der Waals surface area contributed by atoms with Gasteiger partial charge >= 0.3 is 18.0 Å².